The highest BCUT2D eigenvalue weighted by Crippen LogP contribution is 2.19. The maximum absolute atomic E-state index is 12.6. The van der Waals surface area contributed by atoms with Crippen LogP contribution in [-0.2, 0) is 9.53 Å². The molecule has 0 aromatic heterocycles. The van der Waals surface area contributed by atoms with Crippen LogP contribution in [-0.4, -0.2) is 37.0 Å². The molecular weight excluding hydrogens is 278 g/mol. The number of fused-ring (bicyclic) bond motifs is 1. The number of benzene rings is 2. The number of hydrogen-bond acceptors (Lipinski definition) is 3. The Balaban J connectivity index is 2.11. The Morgan fingerprint density at radius 3 is 2.50 bits per heavy atom. The molecule has 4 heteroatoms. The van der Waals surface area contributed by atoms with E-state index in [4.69, 9.17) is 4.74 Å². The number of likely N-dealkylation sites (N-methyl/N-ethyl adjacent to an activating group) is 1. The maximum atomic E-state index is 12.6. The van der Waals surface area contributed by atoms with Crippen LogP contribution in [0.2, 0.25) is 0 Å². The molecule has 0 saturated heterocycles. The van der Waals surface area contributed by atoms with Gasteiger partial charge in [0.2, 0.25) is 0 Å². The van der Waals surface area contributed by atoms with Crippen LogP contribution in [0.25, 0.3) is 10.8 Å². The molecule has 0 aliphatic heterocycles. The van der Waals surface area contributed by atoms with Crippen molar-refractivity contribution < 1.29 is 14.3 Å². The molecule has 2 rings (SSSR count). The maximum Gasteiger partial charge on any atom is 0.325 e. The number of amides is 1. The zero-order valence-corrected chi connectivity index (χ0v) is 13.2. The number of esters is 1. The van der Waals surface area contributed by atoms with Crippen molar-refractivity contribution in [2.75, 3.05) is 20.2 Å². The Bertz CT molecular complexity index is 674. The summed E-state index contributed by atoms with van der Waals surface area (Å²) in [4.78, 5) is 25.7. The summed E-state index contributed by atoms with van der Waals surface area (Å²) >= 11 is 0. The first kappa shape index (κ1) is 16.0. The topological polar surface area (TPSA) is 46.6 Å². The third kappa shape index (κ3) is 3.85. The van der Waals surface area contributed by atoms with Crippen LogP contribution in [0.4, 0.5) is 0 Å². The smallest absolute Gasteiger partial charge is 0.325 e. The largest absolute Gasteiger partial charge is 0.464 e. The van der Waals surface area contributed by atoms with Gasteiger partial charge in [0.1, 0.15) is 6.54 Å². The predicted molar refractivity (Wildman–Crippen MR) is 86.7 cm³/mol. The highest BCUT2D eigenvalue weighted by atomic mass is 16.5. The standard InChI is InChI=1S/C18H21NO3/c1-13(2)12-22-17(20)11-19(3)18(21)16-10-6-8-14-7-4-5-9-15(14)16/h4-10,13H,11-12H2,1-3H3. The average Bonchev–Trinajstić information content (AvgIpc) is 2.51. The fraction of sp³-hybridized carbons (Fsp3) is 0.333. The lowest BCUT2D eigenvalue weighted by Crippen LogP contribution is -2.33. The van der Waals surface area contributed by atoms with Gasteiger partial charge in [0.25, 0.3) is 5.91 Å². The molecule has 0 atom stereocenters. The molecule has 0 saturated carbocycles. The van der Waals surface area contributed by atoms with Gasteiger partial charge in [0, 0.05) is 12.6 Å². The van der Waals surface area contributed by atoms with Crippen LogP contribution in [0, 0.1) is 5.92 Å². The SMILES string of the molecule is CC(C)COC(=O)CN(C)C(=O)c1cccc2ccccc12. The van der Waals surface area contributed by atoms with Crippen molar-refractivity contribution in [1.82, 2.24) is 4.90 Å². The molecule has 0 spiro atoms. The molecule has 0 heterocycles. The highest BCUT2D eigenvalue weighted by molar-refractivity contribution is 6.07. The lowest BCUT2D eigenvalue weighted by molar-refractivity contribution is -0.145. The normalized spacial score (nSPS) is 10.7. The molecule has 22 heavy (non-hydrogen) atoms. The molecule has 116 valence electrons. The van der Waals surface area contributed by atoms with Crippen molar-refractivity contribution >= 4 is 22.6 Å². The Morgan fingerprint density at radius 1 is 1.09 bits per heavy atom. The Kier molecular flexibility index (Phi) is 5.15. The Labute approximate surface area is 130 Å². The molecule has 0 aliphatic rings. The highest BCUT2D eigenvalue weighted by Gasteiger charge is 2.17. The summed E-state index contributed by atoms with van der Waals surface area (Å²) in [6.07, 6.45) is 0. The van der Waals surface area contributed by atoms with E-state index in [1.165, 1.54) is 4.90 Å². The van der Waals surface area contributed by atoms with Crippen molar-refractivity contribution in [3.05, 3.63) is 48.0 Å². The van der Waals surface area contributed by atoms with E-state index >= 15 is 0 Å². The predicted octanol–water partition coefficient (Wildman–Crippen LogP) is 3.11. The number of hydrogen-bond donors (Lipinski definition) is 0. The van der Waals surface area contributed by atoms with Crippen LogP contribution in [0.15, 0.2) is 42.5 Å². The van der Waals surface area contributed by atoms with E-state index in [0.717, 1.165) is 10.8 Å². The second-order valence-electron chi connectivity index (χ2n) is 5.76. The molecule has 0 fully saturated rings. The van der Waals surface area contributed by atoms with Crippen LogP contribution in [0.1, 0.15) is 24.2 Å². The van der Waals surface area contributed by atoms with Gasteiger partial charge in [-0.25, -0.2) is 0 Å². The molecule has 2 aromatic carbocycles. The number of rotatable bonds is 5. The second kappa shape index (κ2) is 7.07. The molecule has 0 aliphatic carbocycles. The van der Waals surface area contributed by atoms with Gasteiger partial charge in [-0.1, -0.05) is 50.2 Å². The van der Waals surface area contributed by atoms with E-state index in [-0.39, 0.29) is 24.3 Å². The summed E-state index contributed by atoms with van der Waals surface area (Å²) in [7, 11) is 1.61. The second-order valence-corrected chi connectivity index (χ2v) is 5.76. The van der Waals surface area contributed by atoms with Gasteiger partial charge in [0.05, 0.1) is 6.61 Å². The molecule has 0 bridgehead atoms. The summed E-state index contributed by atoms with van der Waals surface area (Å²) in [6, 6.07) is 13.3. The summed E-state index contributed by atoms with van der Waals surface area (Å²) in [5.74, 6) is -0.286. The van der Waals surface area contributed by atoms with E-state index in [0.29, 0.717) is 12.2 Å². The lowest BCUT2D eigenvalue weighted by atomic mass is 10.0. The monoisotopic (exact) mass is 299 g/mol. The molecular formula is C18H21NO3. The summed E-state index contributed by atoms with van der Waals surface area (Å²) < 4.78 is 5.11. The minimum absolute atomic E-state index is 0.0469. The first-order valence-electron chi connectivity index (χ1n) is 7.38. The van der Waals surface area contributed by atoms with Crippen molar-refractivity contribution in [1.29, 1.82) is 0 Å². The minimum Gasteiger partial charge on any atom is -0.464 e. The van der Waals surface area contributed by atoms with Crippen molar-refractivity contribution in [2.24, 2.45) is 5.92 Å². The number of carbonyl (C=O) groups is 2. The number of carbonyl (C=O) groups excluding carboxylic acids is 2. The number of nitrogens with zero attached hydrogens (tertiary/aromatic N) is 1. The van der Waals surface area contributed by atoms with Gasteiger partial charge in [-0.15, -0.1) is 0 Å². The molecule has 0 unspecified atom stereocenters. The Hall–Kier alpha value is -2.36. The molecule has 0 N–H and O–H groups in total. The van der Waals surface area contributed by atoms with Crippen molar-refractivity contribution in [3.8, 4) is 0 Å². The third-order valence-electron chi connectivity index (χ3n) is 3.31. The molecule has 1 amide bonds. The van der Waals surface area contributed by atoms with E-state index in [1.54, 1.807) is 13.1 Å². The average molecular weight is 299 g/mol. The van der Waals surface area contributed by atoms with Gasteiger partial charge < -0.3 is 9.64 Å². The lowest BCUT2D eigenvalue weighted by Gasteiger charge is -2.18. The van der Waals surface area contributed by atoms with Crippen LogP contribution < -0.4 is 0 Å². The molecule has 0 radical (unpaired) electrons. The fourth-order valence-electron chi connectivity index (χ4n) is 2.19. The minimum atomic E-state index is -0.384. The summed E-state index contributed by atoms with van der Waals surface area (Å²) in [6.45, 7) is 4.26. The van der Waals surface area contributed by atoms with E-state index in [2.05, 4.69) is 0 Å². The van der Waals surface area contributed by atoms with Gasteiger partial charge in [0.15, 0.2) is 0 Å². The van der Waals surface area contributed by atoms with Crippen molar-refractivity contribution in [2.45, 2.75) is 13.8 Å². The third-order valence-corrected chi connectivity index (χ3v) is 3.31. The Morgan fingerprint density at radius 2 is 1.77 bits per heavy atom. The molecule has 4 nitrogen and oxygen atoms in total. The van der Waals surface area contributed by atoms with E-state index in [9.17, 15) is 9.59 Å². The first-order chi connectivity index (χ1) is 10.5. The number of ether oxygens (including phenoxy) is 1. The zero-order chi connectivity index (χ0) is 16.1. The van der Waals surface area contributed by atoms with Gasteiger partial charge in [-0.05, 0) is 22.8 Å². The first-order valence-corrected chi connectivity index (χ1v) is 7.38. The van der Waals surface area contributed by atoms with Crippen molar-refractivity contribution in [3.63, 3.8) is 0 Å². The van der Waals surface area contributed by atoms with E-state index < -0.39 is 0 Å². The van der Waals surface area contributed by atoms with E-state index in [1.807, 2.05) is 50.2 Å². The summed E-state index contributed by atoms with van der Waals surface area (Å²) in [5.41, 5.74) is 0.595. The zero-order valence-electron chi connectivity index (χ0n) is 13.2. The van der Waals surface area contributed by atoms with Crippen LogP contribution >= 0.6 is 0 Å². The van der Waals surface area contributed by atoms with Crippen LogP contribution in [0.5, 0.6) is 0 Å². The van der Waals surface area contributed by atoms with Gasteiger partial charge >= 0.3 is 5.97 Å². The quantitative estimate of drug-likeness (QED) is 0.797. The molecule has 2 aromatic rings. The fourth-order valence-corrected chi connectivity index (χ4v) is 2.19. The van der Waals surface area contributed by atoms with Crippen LogP contribution in [0.3, 0.4) is 0 Å². The van der Waals surface area contributed by atoms with Gasteiger partial charge in [-0.2, -0.15) is 0 Å². The van der Waals surface area contributed by atoms with Gasteiger partial charge in [-0.3, -0.25) is 9.59 Å². The summed E-state index contributed by atoms with van der Waals surface area (Å²) in [5, 5.41) is 1.89.